The fourth-order valence-electron chi connectivity index (χ4n) is 2.16. The molecule has 0 unspecified atom stereocenters. The molecule has 142 valence electrons. The van der Waals surface area contributed by atoms with E-state index in [0.717, 1.165) is 30.8 Å². The van der Waals surface area contributed by atoms with Crippen LogP contribution < -0.4 is 5.32 Å². The Morgan fingerprint density at radius 3 is 2.20 bits per heavy atom. The summed E-state index contributed by atoms with van der Waals surface area (Å²) in [7, 11) is 0. The Kier molecular flexibility index (Phi) is 8.43. The van der Waals surface area contributed by atoms with Gasteiger partial charge in [0.1, 0.15) is 6.61 Å². The van der Waals surface area contributed by atoms with Crippen molar-refractivity contribution in [2.45, 2.75) is 61.0 Å². The maximum Gasteiger partial charge on any atom is 0.311 e. The number of benzene rings is 1. The second-order valence-electron chi connectivity index (χ2n) is 8.73. The van der Waals surface area contributed by atoms with Crippen LogP contribution in [0.2, 0.25) is 0 Å². The van der Waals surface area contributed by atoms with E-state index in [1.54, 1.807) is 0 Å². The maximum absolute atomic E-state index is 11.8. The molecule has 0 atom stereocenters. The molecule has 0 saturated carbocycles. The van der Waals surface area contributed by atoms with Crippen molar-refractivity contribution in [2.75, 3.05) is 25.1 Å². The number of ether oxygens (including phenoxy) is 2. The van der Waals surface area contributed by atoms with Crippen LogP contribution in [0.5, 0.6) is 0 Å². The molecular weight excluding hydrogens is 314 g/mol. The minimum Gasteiger partial charge on any atom is -0.460 e. The molecule has 0 amide bonds. The lowest BCUT2D eigenvalue weighted by atomic mass is 9.91. The number of rotatable bonds is 9. The van der Waals surface area contributed by atoms with Gasteiger partial charge in [-0.25, -0.2) is 0 Å². The van der Waals surface area contributed by atoms with Gasteiger partial charge in [-0.05, 0) is 56.7 Å². The zero-order valence-electron chi connectivity index (χ0n) is 16.8. The van der Waals surface area contributed by atoms with Gasteiger partial charge in [-0.1, -0.05) is 32.9 Å². The van der Waals surface area contributed by atoms with Crippen LogP contribution >= 0.6 is 0 Å². The van der Waals surface area contributed by atoms with Gasteiger partial charge in [-0.3, -0.25) is 4.79 Å². The topological polar surface area (TPSA) is 47.6 Å². The predicted octanol–water partition coefficient (Wildman–Crippen LogP) is 5.03. The molecule has 0 bridgehead atoms. The van der Waals surface area contributed by atoms with Gasteiger partial charge in [0, 0.05) is 18.8 Å². The molecule has 4 nitrogen and oxygen atoms in total. The molecule has 1 aromatic rings. The second-order valence-corrected chi connectivity index (χ2v) is 8.73. The minimum atomic E-state index is -0.464. The van der Waals surface area contributed by atoms with Crippen LogP contribution in [0.15, 0.2) is 24.3 Å². The number of carbonyl (C=O) groups excluding carboxylic acids is 1. The van der Waals surface area contributed by atoms with Gasteiger partial charge in [-0.15, -0.1) is 0 Å². The molecule has 0 aromatic heterocycles. The molecule has 1 rings (SSSR count). The van der Waals surface area contributed by atoms with Gasteiger partial charge in [0.25, 0.3) is 0 Å². The van der Waals surface area contributed by atoms with E-state index >= 15 is 0 Å². The third kappa shape index (κ3) is 10.1. The van der Waals surface area contributed by atoms with E-state index in [-0.39, 0.29) is 5.97 Å². The highest BCUT2D eigenvalue weighted by atomic mass is 16.5. The van der Waals surface area contributed by atoms with Gasteiger partial charge in [0.15, 0.2) is 0 Å². The summed E-state index contributed by atoms with van der Waals surface area (Å²) in [6.07, 6.45) is 2.28. The van der Waals surface area contributed by atoms with Crippen molar-refractivity contribution in [1.82, 2.24) is 0 Å². The van der Waals surface area contributed by atoms with Gasteiger partial charge >= 0.3 is 5.97 Å². The Morgan fingerprint density at radius 2 is 1.64 bits per heavy atom. The first-order valence-corrected chi connectivity index (χ1v) is 9.16. The smallest absolute Gasteiger partial charge is 0.311 e. The predicted molar refractivity (Wildman–Crippen MR) is 104 cm³/mol. The van der Waals surface area contributed by atoms with Crippen molar-refractivity contribution in [3.63, 3.8) is 0 Å². The highest BCUT2D eigenvalue weighted by molar-refractivity contribution is 5.75. The molecule has 0 aliphatic carbocycles. The zero-order valence-corrected chi connectivity index (χ0v) is 16.8. The second kappa shape index (κ2) is 9.81. The molecule has 0 saturated heterocycles. The summed E-state index contributed by atoms with van der Waals surface area (Å²) in [5.74, 6) is -0.182. The lowest BCUT2D eigenvalue weighted by Crippen LogP contribution is -2.22. The summed E-state index contributed by atoms with van der Waals surface area (Å²) in [4.78, 5) is 11.8. The Labute approximate surface area is 153 Å². The van der Waals surface area contributed by atoms with Gasteiger partial charge in [-0.2, -0.15) is 0 Å². The quantitative estimate of drug-likeness (QED) is 0.502. The fourth-order valence-corrected chi connectivity index (χ4v) is 2.16. The van der Waals surface area contributed by atoms with Crippen molar-refractivity contribution in [3.8, 4) is 0 Å². The molecule has 1 N–H and O–H groups in total. The average molecular weight is 350 g/mol. The van der Waals surface area contributed by atoms with Crippen LogP contribution in [-0.4, -0.2) is 25.7 Å². The van der Waals surface area contributed by atoms with Crippen LogP contribution in [0.25, 0.3) is 0 Å². The molecule has 0 heterocycles. The van der Waals surface area contributed by atoms with E-state index in [1.165, 1.54) is 6.42 Å². The molecule has 0 aliphatic rings. The molecule has 4 heteroatoms. The van der Waals surface area contributed by atoms with Crippen molar-refractivity contribution in [3.05, 3.63) is 29.8 Å². The Hall–Kier alpha value is -1.55. The SMILES string of the molecule is CC(C)(C)CCCOCCNc1ccc(COC(=O)C(C)(C)C)cc1. The number of nitrogens with one attached hydrogen (secondary N) is 1. The third-order valence-electron chi connectivity index (χ3n) is 3.73. The Morgan fingerprint density at radius 1 is 1.00 bits per heavy atom. The van der Waals surface area contributed by atoms with Crippen LogP contribution in [0.3, 0.4) is 0 Å². The Bertz CT molecular complexity index is 509. The summed E-state index contributed by atoms with van der Waals surface area (Å²) in [6, 6.07) is 7.95. The third-order valence-corrected chi connectivity index (χ3v) is 3.73. The van der Waals surface area contributed by atoms with Gasteiger partial charge in [0.2, 0.25) is 0 Å². The van der Waals surface area contributed by atoms with Crippen molar-refractivity contribution >= 4 is 11.7 Å². The minimum absolute atomic E-state index is 0.182. The fraction of sp³-hybridized carbons (Fsp3) is 0.667. The number of hydrogen-bond acceptors (Lipinski definition) is 4. The molecule has 1 aromatic carbocycles. The highest BCUT2D eigenvalue weighted by Crippen LogP contribution is 2.20. The van der Waals surface area contributed by atoms with Gasteiger partial charge < -0.3 is 14.8 Å². The van der Waals surface area contributed by atoms with Crippen molar-refractivity contribution in [2.24, 2.45) is 10.8 Å². The number of hydrogen-bond donors (Lipinski definition) is 1. The summed E-state index contributed by atoms with van der Waals surface area (Å²) in [6.45, 7) is 14.9. The van der Waals surface area contributed by atoms with Crippen LogP contribution in [0.4, 0.5) is 5.69 Å². The standard InChI is InChI=1S/C21H35NO3/c1-20(2,3)12-7-14-24-15-13-22-18-10-8-17(9-11-18)16-25-19(23)21(4,5)6/h8-11,22H,7,12-16H2,1-6H3. The molecule has 0 radical (unpaired) electrons. The van der Waals surface area contributed by atoms with Crippen LogP contribution in [0.1, 0.15) is 59.9 Å². The molecule has 0 aliphatic heterocycles. The van der Waals surface area contributed by atoms with E-state index < -0.39 is 5.41 Å². The largest absolute Gasteiger partial charge is 0.460 e. The van der Waals surface area contributed by atoms with E-state index in [2.05, 4.69) is 26.1 Å². The Balaban J connectivity index is 2.19. The summed E-state index contributed by atoms with van der Waals surface area (Å²) >= 11 is 0. The van der Waals surface area contributed by atoms with Crippen LogP contribution in [0, 0.1) is 10.8 Å². The molecule has 0 fully saturated rings. The first-order valence-electron chi connectivity index (χ1n) is 9.16. The van der Waals surface area contributed by atoms with Crippen LogP contribution in [-0.2, 0) is 20.9 Å². The monoisotopic (exact) mass is 349 g/mol. The normalized spacial score (nSPS) is 12.1. The zero-order chi connectivity index (χ0) is 18.9. The van der Waals surface area contributed by atoms with E-state index in [9.17, 15) is 4.79 Å². The van der Waals surface area contributed by atoms with E-state index in [4.69, 9.17) is 9.47 Å². The van der Waals surface area contributed by atoms with Crippen molar-refractivity contribution < 1.29 is 14.3 Å². The first-order chi connectivity index (χ1) is 11.6. The number of esters is 1. The maximum atomic E-state index is 11.8. The first kappa shape index (κ1) is 21.5. The molecule has 25 heavy (non-hydrogen) atoms. The summed E-state index contributed by atoms with van der Waals surface area (Å²) in [5, 5.41) is 3.34. The van der Waals surface area contributed by atoms with Crippen molar-refractivity contribution in [1.29, 1.82) is 0 Å². The average Bonchev–Trinajstić information content (AvgIpc) is 2.50. The number of anilines is 1. The lowest BCUT2D eigenvalue weighted by Gasteiger charge is -2.17. The van der Waals surface area contributed by atoms with E-state index in [1.807, 2.05) is 45.0 Å². The summed E-state index contributed by atoms with van der Waals surface area (Å²) in [5.41, 5.74) is 1.95. The van der Waals surface area contributed by atoms with E-state index in [0.29, 0.717) is 18.6 Å². The highest BCUT2D eigenvalue weighted by Gasteiger charge is 2.22. The summed E-state index contributed by atoms with van der Waals surface area (Å²) < 4.78 is 11.0. The number of carbonyl (C=O) groups is 1. The van der Waals surface area contributed by atoms with Gasteiger partial charge in [0.05, 0.1) is 12.0 Å². The molecular formula is C21H35NO3. The molecule has 0 spiro atoms. The lowest BCUT2D eigenvalue weighted by molar-refractivity contribution is -0.154.